The van der Waals surface area contributed by atoms with Crippen molar-refractivity contribution in [3.63, 3.8) is 0 Å². The largest absolute Gasteiger partial charge is 0.387 e. The minimum atomic E-state index is -0.440. The Morgan fingerprint density at radius 3 is 1.83 bits per heavy atom. The number of aliphatic hydroxyl groups is 1. The second-order valence-corrected chi connectivity index (χ2v) is 8.21. The molecule has 132 valence electrons. The fourth-order valence-electron chi connectivity index (χ4n) is 3.91. The molecule has 1 saturated heterocycles. The predicted octanol–water partition coefficient (Wildman–Crippen LogP) is 1.89. The Balaban J connectivity index is 1.73. The fraction of sp³-hybridized carbons (Fsp3) is 0.889. The molecule has 0 unspecified atom stereocenters. The highest BCUT2D eigenvalue weighted by Gasteiger charge is 2.31. The van der Waals surface area contributed by atoms with Gasteiger partial charge in [-0.05, 0) is 42.9 Å². The highest BCUT2D eigenvalue weighted by molar-refractivity contribution is 5.79. The molecule has 0 radical (unpaired) electrons. The van der Waals surface area contributed by atoms with Crippen molar-refractivity contribution in [2.75, 3.05) is 32.8 Å². The summed E-state index contributed by atoms with van der Waals surface area (Å²) in [7, 11) is 0. The lowest BCUT2D eigenvalue weighted by Gasteiger charge is -2.38. The van der Waals surface area contributed by atoms with Gasteiger partial charge in [0.15, 0.2) is 0 Å². The van der Waals surface area contributed by atoms with Gasteiger partial charge in [-0.3, -0.25) is 9.59 Å². The third-order valence-corrected chi connectivity index (χ3v) is 5.66. The maximum atomic E-state index is 12.5. The van der Waals surface area contributed by atoms with Crippen LogP contribution < -0.4 is 0 Å². The van der Waals surface area contributed by atoms with Crippen LogP contribution in [0.25, 0.3) is 0 Å². The fourth-order valence-corrected chi connectivity index (χ4v) is 3.91. The number of amides is 2. The first kappa shape index (κ1) is 18.2. The molecule has 0 atom stereocenters. The molecule has 5 heteroatoms. The molecule has 1 saturated carbocycles. The molecule has 1 aliphatic carbocycles. The van der Waals surface area contributed by atoms with Crippen molar-refractivity contribution in [1.82, 2.24) is 9.80 Å². The molecule has 0 aromatic heterocycles. The summed E-state index contributed by atoms with van der Waals surface area (Å²) in [5.74, 6) is 1.30. The Labute approximate surface area is 140 Å². The van der Waals surface area contributed by atoms with E-state index in [1.807, 2.05) is 4.90 Å². The van der Waals surface area contributed by atoms with E-state index in [1.165, 1.54) is 12.8 Å². The zero-order valence-electron chi connectivity index (χ0n) is 14.9. The van der Waals surface area contributed by atoms with Gasteiger partial charge in [0.05, 0.1) is 0 Å². The van der Waals surface area contributed by atoms with Crippen LogP contribution in [0.2, 0.25) is 0 Å². The van der Waals surface area contributed by atoms with Crippen LogP contribution in [0.15, 0.2) is 0 Å². The SMILES string of the molecule is CC(C)(C)C1CCC(CC(=O)N2CCN(C(=O)CO)CC2)CC1. The second-order valence-electron chi connectivity index (χ2n) is 8.21. The number of hydrogen-bond acceptors (Lipinski definition) is 3. The average Bonchev–Trinajstić information content (AvgIpc) is 2.54. The number of rotatable bonds is 3. The van der Waals surface area contributed by atoms with Gasteiger partial charge in [-0.25, -0.2) is 0 Å². The van der Waals surface area contributed by atoms with E-state index in [2.05, 4.69) is 20.8 Å². The summed E-state index contributed by atoms with van der Waals surface area (Å²) >= 11 is 0. The quantitative estimate of drug-likeness (QED) is 0.862. The molecular formula is C18H32N2O3. The van der Waals surface area contributed by atoms with Crippen LogP contribution in [0.5, 0.6) is 0 Å². The van der Waals surface area contributed by atoms with E-state index in [9.17, 15) is 9.59 Å². The van der Waals surface area contributed by atoms with E-state index in [4.69, 9.17) is 5.11 Å². The molecule has 2 amide bonds. The van der Waals surface area contributed by atoms with E-state index in [0.717, 1.165) is 18.8 Å². The number of aliphatic hydroxyl groups excluding tert-OH is 1. The lowest BCUT2D eigenvalue weighted by atomic mass is 9.69. The van der Waals surface area contributed by atoms with Gasteiger partial charge in [-0.15, -0.1) is 0 Å². The summed E-state index contributed by atoms with van der Waals surface area (Å²) in [5.41, 5.74) is 0.380. The van der Waals surface area contributed by atoms with Crippen molar-refractivity contribution in [3.8, 4) is 0 Å². The van der Waals surface area contributed by atoms with Gasteiger partial charge in [-0.2, -0.15) is 0 Å². The van der Waals surface area contributed by atoms with Gasteiger partial charge < -0.3 is 14.9 Å². The van der Waals surface area contributed by atoms with Crippen LogP contribution in [-0.2, 0) is 9.59 Å². The smallest absolute Gasteiger partial charge is 0.248 e. The normalized spacial score (nSPS) is 26.3. The molecule has 2 aliphatic rings. The Kier molecular flexibility index (Phi) is 6.06. The highest BCUT2D eigenvalue weighted by Crippen LogP contribution is 2.40. The molecule has 1 N–H and O–H groups in total. The van der Waals surface area contributed by atoms with Crippen LogP contribution in [0.3, 0.4) is 0 Å². The van der Waals surface area contributed by atoms with Crippen molar-refractivity contribution >= 4 is 11.8 Å². The van der Waals surface area contributed by atoms with E-state index in [-0.39, 0.29) is 11.8 Å². The Morgan fingerprint density at radius 2 is 1.39 bits per heavy atom. The van der Waals surface area contributed by atoms with Gasteiger partial charge in [0.1, 0.15) is 6.61 Å². The first-order chi connectivity index (χ1) is 10.8. The summed E-state index contributed by atoms with van der Waals surface area (Å²) in [6, 6.07) is 0. The van der Waals surface area contributed by atoms with Crippen LogP contribution >= 0.6 is 0 Å². The molecule has 0 aromatic rings. The lowest BCUT2D eigenvalue weighted by Crippen LogP contribution is -2.51. The van der Waals surface area contributed by atoms with Gasteiger partial charge >= 0.3 is 0 Å². The van der Waals surface area contributed by atoms with Crippen LogP contribution in [-0.4, -0.2) is 59.5 Å². The van der Waals surface area contributed by atoms with Crippen LogP contribution in [0.1, 0.15) is 52.9 Å². The van der Waals surface area contributed by atoms with Crippen molar-refractivity contribution < 1.29 is 14.7 Å². The number of carbonyl (C=O) groups excluding carboxylic acids is 2. The standard InChI is InChI=1S/C18H32N2O3/c1-18(2,3)15-6-4-14(5-7-15)12-16(22)19-8-10-20(11-9-19)17(23)13-21/h14-15,21H,4-13H2,1-3H3. The number of nitrogens with zero attached hydrogens (tertiary/aromatic N) is 2. The number of hydrogen-bond donors (Lipinski definition) is 1. The zero-order chi connectivity index (χ0) is 17.0. The van der Waals surface area contributed by atoms with Gasteiger partial charge in [-0.1, -0.05) is 20.8 Å². The predicted molar refractivity (Wildman–Crippen MR) is 89.8 cm³/mol. The molecule has 2 rings (SSSR count). The number of piperazine rings is 1. The van der Waals surface area contributed by atoms with Crippen molar-refractivity contribution in [2.24, 2.45) is 17.3 Å². The van der Waals surface area contributed by atoms with Crippen molar-refractivity contribution in [1.29, 1.82) is 0 Å². The summed E-state index contributed by atoms with van der Waals surface area (Å²) < 4.78 is 0. The maximum absolute atomic E-state index is 12.5. The van der Waals surface area contributed by atoms with E-state index in [0.29, 0.717) is 43.9 Å². The minimum absolute atomic E-state index is 0.236. The van der Waals surface area contributed by atoms with Gasteiger partial charge in [0, 0.05) is 32.6 Å². The molecule has 1 heterocycles. The third kappa shape index (κ3) is 4.93. The topological polar surface area (TPSA) is 60.9 Å². The Bertz CT molecular complexity index is 414. The monoisotopic (exact) mass is 324 g/mol. The average molecular weight is 324 g/mol. The Morgan fingerprint density at radius 1 is 0.913 bits per heavy atom. The van der Waals surface area contributed by atoms with Crippen molar-refractivity contribution in [3.05, 3.63) is 0 Å². The summed E-state index contributed by atoms with van der Waals surface area (Å²) in [5, 5.41) is 8.89. The first-order valence-electron chi connectivity index (χ1n) is 8.97. The molecule has 23 heavy (non-hydrogen) atoms. The zero-order valence-corrected chi connectivity index (χ0v) is 14.9. The summed E-state index contributed by atoms with van der Waals surface area (Å²) in [4.78, 5) is 27.4. The minimum Gasteiger partial charge on any atom is -0.387 e. The molecule has 0 bridgehead atoms. The van der Waals surface area contributed by atoms with Crippen LogP contribution in [0, 0.1) is 17.3 Å². The third-order valence-electron chi connectivity index (χ3n) is 5.66. The summed E-state index contributed by atoms with van der Waals surface area (Å²) in [6.07, 6.45) is 5.46. The maximum Gasteiger partial charge on any atom is 0.248 e. The van der Waals surface area contributed by atoms with E-state index >= 15 is 0 Å². The molecular weight excluding hydrogens is 292 g/mol. The first-order valence-corrected chi connectivity index (χ1v) is 8.97. The molecule has 1 aliphatic heterocycles. The molecule has 0 spiro atoms. The summed E-state index contributed by atoms with van der Waals surface area (Å²) in [6.45, 7) is 8.79. The van der Waals surface area contributed by atoms with Gasteiger partial charge in [0.25, 0.3) is 0 Å². The van der Waals surface area contributed by atoms with Crippen molar-refractivity contribution in [2.45, 2.75) is 52.9 Å². The molecule has 5 nitrogen and oxygen atoms in total. The van der Waals surface area contributed by atoms with E-state index < -0.39 is 6.61 Å². The van der Waals surface area contributed by atoms with E-state index in [1.54, 1.807) is 4.90 Å². The lowest BCUT2D eigenvalue weighted by molar-refractivity contribution is -0.141. The highest BCUT2D eigenvalue weighted by atomic mass is 16.3. The van der Waals surface area contributed by atoms with Crippen LogP contribution in [0.4, 0.5) is 0 Å². The molecule has 2 fully saturated rings. The number of carbonyl (C=O) groups is 2. The second kappa shape index (κ2) is 7.65. The molecule has 0 aromatic carbocycles. The van der Waals surface area contributed by atoms with Gasteiger partial charge in [0.2, 0.25) is 11.8 Å². The Hall–Kier alpha value is -1.10.